The number of hydrogen-bond donors (Lipinski definition) is 2. The summed E-state index contributed by atoms with van der Waals surface area (Å²) in [5.74, 6) is -0.0852. The van der Waals surface area contributed by atoms with Crippen LogP contribution in [0.1, 0.15) is 17.3 Å². The predicted octanol–water partition coefficient (Wildman–Crippen LogP) is 3.29. The van der Waals surface area contributed by atoms with Crippen LogP contribution in [0.15, 0.2) is 53.4 Å². The lowest BCUT2D eigenvalue weighted by Gasteiger charge is -2.11. The van der Waals surface area contributed by atoms with E-state index in [1.165, 1.54) is 11.8 Å². The second kappa shape index (κ2) is 9.20. The maximum atomic E-state index is 12.1. The molecule has 0 heterocycles. The molecule has 7 heteroatoms. The van der Waals surface area contributed by atoms with Crippen LogP contribution in [-0.2, 0) is 4.79 Å². The molecule has 0 radical (unpaired) electrons. The van der Waals surface area contributed by atoms with Gasteiger partial charge in [0.1, 0.15) is 5.75 Å². The van der Waals surface area contributed by atoms with Crippen LogP contribution >= 0.6 is 23.4 Å². The molecule has 2 aromatic rings. The fraction of sp³-hybridized carbons (Fsp3) is 0.176. The Kier molecular flexibility index (Phi) is 6.96. The summed E-state index contributed by atoms with van der Waals surface area (Å²) in [5, 5.41) is 0.643. The molecule has 2 amide bonds. The van der Waals surface area contributed by atoms with Gasteiger partial charge < -0.3 is 4.74 Å². The Morgan fingerprint density at radius 1 is 1.08 bits per heavy atom. The summed E-state index contributed by atoms with van der Waals surface area (Å²) in [4.78, 5) is 24.9. The Hall–Kier alpha value is -2.18. The number of hydrogen-bond acceptors (Lipinski definition) is 4. The highest BCUT2D eigenvalue weighted by molar-refractivity contribution is 8.00. The molecular weight excluding hydrogens is 348 g/mol. The highest BCUT2D eigenvalue weighted by Gasteiger charge is 2.12. The van der Waals surface area contributed by atoms with E-state index in [-0.39, 0.29) is 11.7 Å². The molecule has 0 aliphatic heterocycles. The molecule has 126 valence electrons. The molecule has 0 aromatic heterocycles. The Morgan fingerprint density at radius 3 is 2.50 bits per heavy atom. The van der Waals surface area contributed by atoms with Crippen LogP contribution in [0.5, 0.6) is 5.75 Å². The molecule has 24 heavy (non-hydrogen) atoms. The van der Waals surface area contributed by atoms with E-state index in [1.54, 1.807) is 36.4 Å². The summed E-state index contributed by atoms with van der Waals surface area (Å²) in [6.07, 6.45) is 0. The van der Waals surface area contributed by atoms with Crippen molar-refractivity contribution < 1.29 is 14.3 Å². The Morgan fingerprint density at radius 2 is 1.79 bits per heavy atom. The lowest BCUT2D eigenvalue weighted by molar-refractivity contribution is -0.119. The van der Waals surface area contributed by atoms with Crippen LogP contribution < -0.4 is 15.6 Å². The zero-order valence-corrected chi connectivity index (χ0v) is 14.6. The first-order valence-electron chi connectivity index (χ1n) is 7.29. The lowest BCUT2D eigenvalue weighted by atomic mass is 10.2. The number of carbonyl (C=O) groups is 2. The van der Waals surface area contributed by atoms with E-state index >= 15 is 0 Å². The van der Waals surface area contributed by atoms with Crippen LogP contribution in [0.4, 0.5) is 0 Å². The summed E-state index contributed by atoms with van der Waals surface area (Å²) in [6.45, 7) is 2.29. The predicted molar refractivity (Wildman–Crippen MR) is 95.4 cm³/mol. The minimum Gasteiger partial charge on any atom is -0.493 e. The number of halogens is 1. The van der Waals surface area contributed by atoms with Gasteiger partial charge in [-0.25, -0.2) is 0 Å². The molecule has 0 bridgehead atoms. The van der Waals surface area contributed by atoms with Crippen molar-refractivity contribution in [2.24, 2.45) is 0 Å². The van der Waals surface area contributed by atoms with Crippen LogP contribution in [0.2, 0.25) is 5.02 Å². The molecule has 0 saturated heterocycles. The molecule has 2 rings (SSSR count). The molecule has 0 unspecified atom stereocenters. The highest BCUT2D eigenvalue weighted by atomic mass is 35.5. The zero-order valence-electron chi connectivity index (χ0n) is 13.0. The van der Waals surface area contributed by atoms with E-state index < -0.39 is 5.91 Å². The van der Waals surface area contributed by atoms with Gasteiger partial charge in [0.05, 0.1) is 17.9 Å². The quantitative estimate of drug-likeness (QED) is 0.609. The average Bonchev–Trinajstić information content (AvgIpc) is 2.60. The van der Waals surface area contributed by atoms with E-state index in [1.807, 2.05) is 19.1 Å². The molecule has 5 nitrogen and oxygen atoms in total. The van der Waals surface area contributed by atoms with Crippen LogP contribution in [0.3, 0.4) is 0 Å². The summed E-state index contributed by atoms with van der Waals surface area (Å²) in [7, 11) is 0. The molecule has 0 fully saturated rings. The van der Waals surface area contributed by atoms with E-state index in [4.69, 9.17) is 16.3 Å². The number of para-hydroxylation sites is 1. The first-order chi connectivity index (χ1) is 11.6. The van der Waals surface area contributed by atoms with Crippen molar-refractivity contribution in [1.82, 2.24) is 10.9 Å². The molecule has 0 atom stereocenters. The Bertz CT molecular complexity index is 707. The van der Waals surface area contributed by atoms with Crippen molar-refractivity contribution in [3.05, 3.63) is 59.1 Å². The first kappa shape index (κ1) is 18.2. The summed E-state index contributed by atoms with van der Waals surface area (Å²) >= 11 is 7.16. The van der Waals surface area contributed by atoms with Gasteiger partial charge in [0, 0.05) is 9.92 Å². The summed E-state index contributed by atoms with van der Waals surface area (Å²) in [5.41, 5.74) is 5.15. The SMILES string of the molecule is CCOc1ccccc1C(=O)NNC(=O)CSc1ccc(Cl)cc1. The summed E-state index contributed by atoms with van der Waals surface area (Å²) in [6, 6.07) is 14.0. The van der Waals surface area contributed by atoms with Crippen LogP contribution in [0.25, 0.3) is 0 Å². The minimum atomic E-state index is -0.427. The first-order valence-corrected chi connectivity index (χ1v) is 8.66. The maximum absolute atomic E-state index is 12.1. The van der Waals surface area contributed by atoms with E-state index in [0.29, 0.717) is 22.9 Å². The second-order valence-corrected chi connectivity index (χ2v) is 6.16. The third-order valence-electron chi connectivity index (χ3n) is 2.93. The molecule has 2 N–H and O–H groups in total. The third-order valence-corrected chi connectivity index (χ3v) is 4.19. The molecule has 0 aliphatic rings. The molecule has 0 saturated carbocycles. The summed E-state index contributed by atoms with van der Waals surface area (Å²) < 4.78 is 5.39. The van der Waals surface area contributed by atoms with Crippen molar-refractivity contribution in [3.63, 3.8) is 0 Å². The van der Waals surface area contributed by atoms with Gasteiger partial charge in [-0.15, -0.1) is 11.8 Å². The maximum Gasteiger partial charge on any atom is 0.273 e. The number of benzene rings is 2. The lowest BCUT2D eigenvalue weighted by Crippen LogP contribution is -2.42. The third kappa shape index (κ3) is 5.47. The van der Waals surface area contributed by atoms with Crippen LogP contribution in [0, 0.1) is 0 Å². The number of hydrazine groups is 1. The molecule has 0 aliphatic carbocycles. The normalized spacial score (nSPS) is 10.1. The van der Waals surface area contributed by atoms with Gasteiger partial charge in [-0.2, -0.15) is 0 Å². The van der Waals surface area contributed by atoms with Gasteiger partial charge in [-0.05, 0) is 43.3 Å². The number of ether oxygens (including phenoxy) is 1. The second-order valence-electron chi connectivity index (χ2n) is 4.67. The number of nitrogens with one attached hydrogen (secondary N) is 2. The fourth-order valence-corrected chi connectivity index (χ4v) is 2.67. The van der Waals surface area contributed by atoms with E-state index in [2.05, 4.69) is 10.9 Å². The van der Waals surface area contributed by atoms with E-state index in [9.17, 15) is 9.59 Å². The molecular formula is C17H17ClN2O3S. The minimum absolute atomic E-state index is 0.176. The Labute approximate surface area is 149 Å². The van der Waals surface area contributed by atoms with Gasteiger partial charge in [0.2, 0.25) is 5.91 Å². The molecule has 0 spiro atoms. The van der Waals surface area contributed by atoms with Gasteiger partial charge in [0.15, 0.2) is 0 Å². The average molecular weight is 365 g/mol. The number of thioether (sulfide) groups is 1. The van der Waals surface area contributed by atoms with Gasteiger partial charge in [0.25, 0.3) is 5.91 Å². The topological polar surface area (TPSA) is 67.4 Å². The largest absolute Gasteiger partial charge is 0.493 e. The monoisotopic (exact) mass is 364 g/mol. The van der Waals surface area contributed by atoms with Gasteiger partial charge >= 0.3 is 0 Å². The van der Waals surface area contributed by atoms with Crippen molar-refractivity contribution in [2.45, 2.75) is 11.8 Å². The van der Waals surface area contributed by atoms with Crippen molar-refractivity contribution in [1.29, 1.82) is 0 Å². The molecule has 2 aromatic carbocycles. The fourth-order valence-electron chi connectivity index (χ4n) is 1.85. The highest BCUT2D eigenvalue weighted by Crippen LogP contribution is 2.20. The van der Waals surface area contributed by atoms with Crippen molar-refractivity contribution >= 4 is 35.2 Å². The number of rotatable bonds is 6. The Balaban J connectivity index is 1.83. The number of amides is 2. The smallest absolute Gasteiger partial charge is 0.273 e. The van der Waals surface area contributed by atoms with Gasteiger partial charge in [-0.1, -0.05) is 23.7 Å². The van der Waals surface area contributed by atoms with Gasteiger partial charge in [-0.3, -0.25) is 20.4 Å². The zero-order chi connectivity index (χ0) is 17.4. The standard InChI is InChI=1S/C17H17ClN2O3S/c1-2-23-15-6-4-3-5-14(15)17(22)20-19-16(21)11-24-13-9-7-12(18)8-10-13/h3-10H,2,11H2,1H3,(H,19,21)(H,20,22). The number of carbonyl (C=O) groups excluding carboxylic acids is 2. The van der Waals surface area contributed by atoms with Crippen molar-refractivity contribution in [2.75, 3.05) is 12.4 Å². The van der Waals surface area contributed by atoms with Crippen molar-refractivity contribution in [3.8, 4) is 5.75 Å². The van der Waals surface area contributed by atoms with E-state index in [0.717, 1.165) is 4.90 Å². The van der Waals surface area contributed by atoms with Crippen LogP contribution in [-0.4, -0.2) is 24.2 Å².